The molecule has 0 heterocycles. The quantitative estimate of drug-likeness (QED) is 0.174. The molecule has 37 heavy (non-hydrogen) atoms. The van der Waals surface area contributed by atoms with Crippen molar-refractivity contribution in [3.8, 4) is 0 Å². The van der Waals surface area contributed by atoms with Gasteiger partial charge in [0.15, 0.2) is 0 Å². The number of carboxylic acids is 2. The molecule has 0 spiro atoms. The van der Waals surface area contributed by atoms with Crippen molar-refractivity contribution in [1.29, 1.82) is 0 Å². The average Bonchev–Trinajstić information content (AvgIpc) is 2.86. The Morgan fingerprint density at radius 2 is 1.16 bits per heavy atom. The van der Waals surface area contributed by atoms with Gasteiger partial charge in [-0.2, -0.15) is 0 Å². The van der Waals surface area contributed by atoms with Gasteiger partial charge in [0.2, 0.25) is 0 Å². The van der Waals surface area contributed by atoms with E-state index >= 15 is 0 Å². The van der Waals surface area contributed by atoms with Gasteiger partial charge in [-0.15, -0.1) is 0 Å². The van der Waals surface area contributed by atoms with E-state index in [1.54, 1.807) is 24.6 Å². The summed E-state index contributed by atoms with van der Waals surface area (Å²) in [7, 11) is -5.50. The molecule has 0 aliphatic heterocycles. The third-order valence-electron chi connectivity index (χ3n) is 6.66. The van der Waals surface area contributed by atoms with E-state index < -0.39 is 45.3 Å². The summed E-state index contributed by atoms with van der Waals surface area (Å²) in [5.41, 5.74) is -1.30. The van der Waals surface area contributed by atoms with Crippen LogP contribution in [0.4, 0.5) is 0 Å². The number of carboxylic acid groups (broad SMARTS) is 2. The monoisotopic (exact) mass is 554 g/mol. The van der Waals surface area contributed by atoms with Crippen LogP contribution in [-0.4, -0.2) is 59.8 Å². The first-order valence-corrected chi connectivity index (χ1v) is 17.2. The molecule has 9 heteroatoms. The number of hydrogen-bond acceptors (Lipinski definition) is 5. The molecule has 0 amide bonds. The zero-order valence-corrected chi connectivity index (χ0v) is 24.4. The summed E-state index contributed by atoms with van der Waals surface area (Å²) in [6.07, 6.45) is 17.9. The molecule has 0 aromatic heterocycles. The third-order valence-corrected chi connectivity index (χ3v) is 12.6. The molecule has 2 aromatic rings. The van der Waals surface area contributed by atoms with Gasteiger partial charge in [0.25, 0.3) is 0 Å². The number of aromatic carboxylic acids is 2. The lowest BCUT2D eigenvalue weighted by Crippen LogP contribution is -2.12. The Labute approximate surface area is 222 Å². The molecular weight excluding hydrogens is 511 g/mol. The lowest BCUT2D eigenvalue weighted by molar-refractivity contribution is 0.0653. The summed E-state index contributed by atoms with van der Waals surface area (Å²) in [5, 5.41) is 17.9. The Balaban J connectivity index is 0.000000377. The predicted octanol–water partition coefficient (Wildman–Crippen LogP) is 7.34. The number of unbranched alkanes of at least 4 members (excludes halogenated alkanes) is 4. The van der Waals surface area contributed by atoms with E-state index in [-0.39, 0.29) is 10.8 Å². The van der Waals surface area contributed by atoms with Crippen LogP contribution >= 0.6 is 7.26 Å². The maximum atomic E-state index is 11.2. The fourth-order valence-corrected chi connectivity index (χ4v) is 10.6. The maximum absolute atomic E-state index is 11.2. The average molecular weight is 555 g/mol. The Kier molecular flexibility index (Phi) is 14.3. The molecule has 0 aliphatic rings. The first-order valence-electron chi connectivity index (χ1n) is 13.3. The topological polar surface area (TPSA) is 132 Å². The Morgan fingerprint density at radius 3 is 1.49 bits per heavy atom. The zero-order chi connectivity index (χ0) is 28.1. The second-order valence-corrected chi connectivity index (χ2v) is 15.4. The molecule has 0 fully saturated rings. The molecule has 0 unspecified atom stereocenters. The van der Waals surface area contributed by atoms with Crippen molar-refractivity contribution in [3.05, 3.63) is 41.5 Å². The molecule has 0 bridgehead atoms. The summed E-state index contributed by atoms with van der Waals surface area (Å²) in [6, 6.07) is 5.92. The van der Waals surface area contributed by atoms with E-state index in [2.05, 4.69) is 27.7 Å². The van der Waals surface area contributed by atoms with E-state index in [0.29, 0.717) is 6.07 Å². The van der Waals surface area contributed by atoms with Crippen molar-refractivity contribution in [2.75, 3.05) is 24.6 Å². The van der Waals surface area contributed by atoms with Gasteiger partial charge in [-0.05, 0) is 37.1 Å². The summed E-state index contributed by atoms with van der Waals surface area (Å²) in [6.45, 7) is 9.42. The minimum atomic E-state index is -4.93. The second-order valence-electron chi connectivity index (χ2n) is 9.56. The molecule has 0 saturated heterocycles. The lowest BCUT2D eigenvalue weighted by atomic mass is 9.99. The van der Waals surface area contributed by atoms with Crippen molar-refractivity contribution in [2.24, 2.45) is 0 Å². The smallest absolute Gasteiger partial charge is 0.337 e. The molecular formula is C28H43O7PS. The molecule has 0 radical (unpaired) electrons. The first-order chi connectivity index (χ1) is 17.5. The molecule has 0 saturated carbocycles. The first kappa shape index (κ1) is 33.0. The minimum Gasteiger partial charge on any atom is -0.744 e. The minimum absolute atomic E-state index is 0.116. The molecule has 2 aromatic carbocycles. The third kappa shape index (κ3) is 9.99. The standard InChI is InChI=1S/C16H36P.C12H8O7S/c1-5-9-13-17(14-10-6-2,15-11-7-3)16-12-8-4;13-11(14)8-5-9(20(17,18)19)6-3-1-2-4-7(6)10(8)12(15)16/h5-16H2,1-4H3;1-5H,(H,13,14)(H,15,16)(H,17,18,19)/q+1;/p-1. The Morgan fingerprint density at radius 1 is 0.757 bits per heavy atom. The highest BCUT2D eigenvalue weighted by molar-refractivity contribution is 7.86. The largest absolute Gasteiger partial charge is 0.744 e. The van der Waals surface area contributed by atoms with Gasteiger partial charge in [0.1, 0.15) is 10.1 Å². The van der Waals surface area contributed by atoms with Crippen LogP contribution in [0.1, 0.15) is 99.8 Å². The molecule has 208 valence electrons. The molecule has 2 rings (SSSR count). The van der Waals surface area contributed by atoms with Crippen molar-refractivity contribution in [2.45, 2.75) is 84.0 Å². The van der Waals surface area contributed by atoms with Gasteiger partial charge in [-0.25, -0.2) is 18.0 Å². The number of hydrogen-bond donors (Lipinski definition) is 2. The van der Waals surface area contributed by atoms with Crippen LogP contribution in [0, 0.1) is 0 Å². The Hall–Kier alpha value is -2.02. The van der Waals surface area contributed by atoms with E-state index in [4.69, 9.17) is 10.2 Å². The fourth-order valence-electron chi connectivity index (χ4n) is 4.59. The summed E-state index contributed by atoms with van der Waals surface area (Å²) < 4.78 is 33.6. The zero-order valence-electron chi connectivity index (χ0n) is 22.7. The van der Waals surface area contributed by atoms with Crippen LogP contribution in [0.3, 0.4) is 0 Å². The number of carbonyl (C=O) groups is 2. The number of fused-ring (bicyclic) bond motifs is 1. The number of benzene rings is 2. The van der Waals surface area contributed by atoms with Crippen molar-refractivity contribution < 1.29 is 32.8 Å². The number of rotatable bonds is 15. The lowest BCUT2D eigenvalue weighted by Gasteiger charge is -2.28. The van der Waals surface area contributed by atoms with Gasteiger partial charge in [0.05, 0.1) is 40.7 Å². The van der Waals surface area contributed by atoms with Crippen LogP contribution < -0.4 is 0 Å². The van der Waals surface area contributed by atoms with Crippen LogP contribution in [0.2, 0.25) is 0 Å². The molecule has 7 nitrogen and oxygen atoms in total. The maximum Gasteiger partial charge on any atom is 0.337 e. The Bertz CT molecular complexity index is 1090. The van der Waals surface area contributed by atoms with Crippen LogP contribution in [-0.2, 0) is 10.1 Å². The van der Waals surface area contributed by atoms with Gasteiger partial charge in [-0.3, -0.25) is 0 Å². The van der Waals surface area contributed by atoms with E-state index in [1.807, 2.05) is 0 Å². The second kappa shape index (κ2) is 16.1. The van der Waals surface area contributed by atoms with Gasteiger partial charge in [-0.1, -0.05) is 77.6 Å². The van der Waals surface area contributed by atoms with Crippen molar-refractivity contribution in [1.82, 2.24) is 0 Å². The molecule has 2 N–H and O–H groups in total. The van der Waals surface area contributed by atoms with Crippen LogP contribution in [0.5, 0.6) is 0 Å². The van der Waals surface area contributed by atoms with Crippen LogP contribution in [0.15, 0.2) is 35.2 Å². The SMILES string of the molecule is CCCC[P+](CCCC)(CCCC)CCCC.O=C(O)c1cc(S(=O)(=O)[O-])c2ccccc2c1C(=O)O. The summed E-state index contributed by atoms with van der Waals surface area (Å²) in [5.74, 6) is -3.15. The van der Waals surface area contributed by atoms with Gasteiger partial charge < -0.3 is 14.8 Å². The van der Waals surface area contributed by atoms with E-state index in [9.17, 15) is 22.6 Å². The fraction of sp³-hybridized carbons (Fsp3) is 0.571. The highest BCUT2D eigenvalue weighted by Crippen LogP contribution is 2.61. The van der Waals surface area contributed by atoms with Gasteiger partial charge >= 0.3 is 11.9 Å². The summed E-state index contributed by atoms with van der Waals surface area (Å²) in [4.78, 5) is 21.5. The van der Waals surface area contributed by atoms with Crippen molar-refractivity contribution in [3.63, 3.8) is 0 Å². The summed E-state index contributed by atoms with van der Waals surface area (Å²) >= 11 is 0. The van der Waals surface area contributed by atoms with E-state index in [0.717, 1.165) is 0 Å². The van der Waals surface area contributed by atoms with E-state index in [1.165, 1.54) is 75.6 Å². The van der Waals surface area contributed by atoms with Crippen molar-refractivity contribution >= 4 is 40.1 Å². The highest BCUT2D eigenvalue weighted by atomic mass is 32.2. The molecule has 0 aliphatic carbocycles. The predicted molar refractivity (Wildman–Crippen MR) is 152 cm³/mol. The molecule has 0 atom stereocenters. The highest BCUT2D eigenvalue weighted by Gasteiger charge is 2.34. The van der Waals surface area contributed by atoms with Gasteiger partial charge in [0, 0.05) is 12.6 Å². The normalized spacial score (nSPS) is 11.7. The van der Waals surface area contributed by atoms with Crippen LogP contribution in [0.25, 0.3) is 10.8 Å².